The van der Waals surface area contributed by atoms with Crippen LogP contribution in [0.3, 0.4) is 0 Å². The van der Waals surface area contributed by atoms with Gasteiger partial charge in [0.05, 0.1) is 17.5 Å². The van der Waals surface area contributed by atoms with E-state index in [0.29, 0.717) is 63.4 Å². The van der Waals surface area contributed by atoms with E-state index in [9.17, 15) is 24.3 Å². The van der Waals surface area contributed by atoms with Gasteiger partial charge in [-0.05, 0) is 80.1 Å². The first-order valence-electron chi connectivity index (χ1n) is 15.7. The van der Waals surface area contributed by atoms with Crippen molar-refractivity contribution in [2.75, 3.05) is 4.90 Å². The zero-order chi connectivity index (χ0) is 32.6. The number of anilines is 1. The molecule has 232 valence electrons. The Hall–Kier alpha value is -5.63. The Labute approximate surface area is 270 Å². The van der Waals surface area contributed by atoms with Crippen LogP contribution in [-0.4, -0.2) is 33.5 Å². The predicted molar refractivity (Wildman–Crippen MR) is 175 cm³/mol. The molecule has 0 unspecified atom stereocenters. The van der Waals surface area contributed by atoms with Crippen molar-refractivity contribution in [3.8, 4) is 17.2 Å². The lowest BCUT2D eigenvalue weighted by Gasteiger charge is -2.42. The van der Waals surface area contributed by atoms with Crippen molar-refractivity contribution in [2.24, 2.45) is 17.8 Å². The number of hydrogen-bond donors (Lipinski definition) is 1. The number of para-hydroxylation sites is 3. The highest BCUT2D eigenvalue weighted by Crippen LogP contribution is 2.56. The molecule has 2 heterocycles. The molecule has 1 N–H and O–H groups in total. The molecule has 3 aromatic carbocycles. The fraction of sp³-hybridized carbons (Fsp3) is 0.205. The third-order valence-electron chi connectivity index (χ3n) is 10.1. The number of aromatic nitrogens is 1. The van der Waals surface area contributed by atoms with Crippen LogP contribution in [0.4, 0.5) is 5.69 Å². The van der Waals surface area contributed by atoms with Crippen LogP contribution >= 0.6 is 0 Å². The molecule has 1 fully saturated rings. The Balaban J connectivity index is 1.17. The SMILES string of the molecule is C=CCc1cccc([C@H]2C3=CC[C@@H]4C(=O)N(c5ccc(-c6nc7ccccc7o6)cc5)C(=O)[C@@H]4[C@@H]3CC3=C2C(=O)C(C)=CC3=O)c1O. The van der Waals surface area contributed by atoms with Gasteiger partial charge < -0.3 is 9.52 Å². The van der Waals surface area contributed by atoms with Gasteiger partial charge in [0.15, 0.2) is 17.1 Å². The van der Waals surface area contributed by atoms with Crippen LogP contribution in [0.25, 0.3) is 22.6 Å². The summed E-state index contributed by atoms with van der Waals surface area (Å²) < 4.78 is 5.89. The van der Waals surface area contributed by atoms with Gasteiger partial charge in [0.25, 0.3) is 0 Å². The molecule has 1 aliphatic heterocycles. The summed E-state index contributed by atoms with van der Waals surface area (Å²) in [7, 11) is 0. The van der Waals surface area contributed by atoms with E-state index < -0.39 is 23.7 Å². The Kier molecular flexibility index (Phi) is 6.58. The topological polar surface area (TPSA) is 118 Å². The van der Waals surface area contributed by atoms with Crippen LogP contribution < -0.4 is 4.90 Å². The van der Waals surface area contributed by atoms with E-state index in [1.165, 1.54) is 11.0 Å². The normalized spacial score (nSPS) is 23.8. The molecule has 3 aliphatic carbocycles. The highest BCUT2D eigenvalue weighted by Gasteiger charge is 2.56. The number of fused-ring (bicyclic) bond motifs is 4. The average molecular weight is 623 g/mol. The molecule has 8 rings (SSSR count). The number of rotatable bonds is 5. The predicted octanol–water partition coefficient (Wildman–Crippen LogP) is 6.56. The van der Waals surface area contributed by atoms with Gasteiger partial charge in [-0.25, -0.2) is 4.98 Å². The van der Waals surface area contributed by atoms with Gasteiger partial charge in [-0.1, -0.05) is 48.1 Å². The smallest absolute Gasteiger partial charge is 0.238 e. The van der Waals surface area contributed by atoms with E-state index in [2.05, 4.69) is 11.6 Å². The standard InChI is InChI=1S/C39H30N2O6/c1-3-7-21-8-6-9-25(36(21)44)32-24-16-17-26-33(27(24)19-28-30(42)18-20(2)35(43)34(28)32)39(46)41(38(26)45)23-14-12-22(13-15-23)37-40-29-10-4-5-11-31(29)47-37/h3-6,8-16,18,26-27,32-33,44H,1,7,17,19H2,2H3/t26-,27+,32+,33-/m0/s1. The lowest BCUT2D eigenvalue weighted by molar-refractivity contribution is -0.123. The van der Waals surface area contributed by atoms with Gasteiger partial charge in [0.1, 0.15) is 11.3 Å². The molecular weight excluding hydrogens is 592 g/mol. The number of phenols is 1. The minimum Gasteiger partial charge on any atom is -0.507 e. The summed E-state index contributed by atoms with van der Waals surface area (Å²) in [6, 6.07) is 19.8. The number of aromatic hydroxyl groups is 1. The fourth-order valence-electron chi connectivity index (χ4n) is 7.88. The van der Waals surface area contributed by atoms with Crippen molar-refractivity contribution >= 4 is 40.2 Å². The van der Waals surface area contributed by atoms with Gasteiger partial charge >= 0.3 is 0 Å². The molecule has 0 radical (unpaired) electrons. The molecule has 0 bridgehead atoms. The molecule has 1 saturated heterocycles. The molecule has 8 nitrogen and oxygen atoms in total. The van der Waals surface area contributed by atoms with Crippen LogP contribution in [0.1, 0.15) is 36.8 Å². The molecule has 0 saturated carbocycles. The third kappa shape index (κ3) is 4.31. The highest BCUT2D eigenvalue weighted by molar-refractivity contribution is 6.25. The summed E-state index contributed by atoms with van der Waals surface area (Å²) in [6.45, 7) is 5.42. The quantitative estimate of drug-likeness (QED) is 0.152. The summed E-state index contributed by atoms with van der Waals surface area (Å²) >= 11 is 0. The van der Waals surface area contributed by atoms with E-state index in [1.807, 2.05) is 36.4 Å². The number of carbonyl (C=O) groups is 4. The van der Waals surface area contributed by atoms with Crippen molar-refractivity contribution in [3.63, 3.8) is 0 Å². The van der Waals surface area contributed by atoms with E-state index in [-0.39, 0.29) is 35.6 Å². The van der Waals surface area contributed by atoms with Crippen molar-refractivity contribution in [3.05, 3.63) is 125 Å². The van der Waals surface area contributed by atoms with Crippen molar-refractivity contribution in [2.45, 2.75) is 32.1 Å². The number of amides is 2. The number of nitrogens with zero attached hydrogens (tertiary/aromatic N) is 2. The Morgan fingerprint density at radius 1 is 0.979 bits per heavy atom. The highest BCUT2D eigenvalue weighted by atomic mass is 16.3. The summed E-state index contributed by atoms with van der Waals surface area (Å²) in [5, 5.41) is 11.4. The second-order valence-corrected chi connectivity index (χ2v) is 12.6. The number of hydrogen-bond acceptors (Lipinski definition) is 7. The number of phenolic OH excluding ortho intramolecular Hbond substituents is 1. The van der Waals surface area contributed by atoms with E-state index in [1.54, 1.807) is 49.4 Å². The van der Waals surface area contributed by atoms with Crippen molar-refractivity contribution in [1.29, 1.82) is 0 Å². The summed E-state index contributed by atoms with van der Waals surface area (Å²) in [6.07, 6.45) is 5.90. The summed E-state index contributed by atoms with van der Waals surface area (Å²) in [5.41, 5.74) is 5.54. The Bertz CT molecular complexity index is 2130. The lowest BCUT2D eigenvalue weighted by Crippen LogP contribution is -2.39. The molecule has 0 spiro atoms. The van der Waals surface area contributed by atoms with Gasteiger partial charge in [-0.3, -0.25) is 24.1 Å². The Morgan fingerprint density at radius 3 is 2.53 bits per heavy atom. The largest absolute Gasteiger partial charge is 0.507 e. The number of imide groups is 1. The monoisotopic (exact) mass is 622 g/mol. The molecular formula is C39H30N2O6. The molecule has 4 aromatic rings. The second kappa shape index (κ2) is 10.7. The van der Waals surface area contributed by atoms with Gasteiger partial charge in [-0.15, -0.1) is 6.58 Å². The summed E-state index contributed by atoms with van der Waals surface area (Å²) in [4.78, 5) is 61.2. The van der Waals surface area contributed by atoms with E-state index in [0.717, 1.165) is 11.1 Å². The van der Waals surface area contributed by atoms with Gasteiger partial charge in [-0.2, -0.15) is 0 Å². The molecule has 4 aliphatic rings. The average Bonchev–Trinajstić information content (AvgIpc) is 3.62. The number of allylic oxidation sites excluding steroid dienone is 7. The Morgan fingerprint density at radius 2 is 1.77 bits per heavy atom. The molecule has 4 atom stereocenters. The number of Topliss-reactive ketones (excluding diaryl/α,β-unsaturated/α-hetero) is 1. The van der Waals surface area contributed by atoms with Crippen LogP contribution in [0.15, 0.2) is 118 Å². The van der Waals surface area contributed by atoms with Crippen LogP contribution in [0, 0.1) is 17.8 Å². The number of ketones is 2. The maximum Gasteiger partial charge on any atom is 0.238 e. The van der Waals surface area contributed by atoms with Gasteiger partial charge in [0.2, 0.25) is 17.7 Å². The first-order valence-corrected chi connectivity index (χ1v) is 15.7. The number of carbonyl (C=O) groups excluding carboxylic acids is 4. The minimum atomic E-state index is -0.720. The van der Waals surface area contributed by atoms with Crippen molar-refractivity contribution < 1.29 is 28.7 Å². The first-order chi connectivity index (χ1) is 22.8. The van der Waals surface area contributed by atoms with Crippen LogP contribution in [-0.2, 0) is 25.6 Å². The zero-order valence-corrected chi connectivity index (χ0v) is 25.6. The third-order valence-corrected chi connectivity index (χ3v) is 10.1. The minimum absolute atomic E-state index is 0.0369. The van der Waals surface area contributed by atoms with Gasteiger partial charge in [0, 0.05) is 33.8 Å². The summed E-state index contributed by atoms with van der Waals surface area (Å²) in [5.74, 6) is -3.21. The number of oxazole rings is 1. The molecule has 1 aromatic heterocycles. The second-order valence-electron chi connectivity index (χ2n) is 12.6. The fourth-order valence-corrected chi connectivity index (χ4v) is 7.88. The molecule has 2 amide bonds. The maximum atomic E-state index is 14.3. The first kappa shape index (κ1) is 28.8. The van der Waals surface area contributed by atoms with E-state index in [4.69, 9.17) is 4.42 Å². The maximum absolute atomic E-state index is 14.3. The van der Waals surface area contributed by atoms with E-state index >= 15 is 0 Å². The zero-order valence-electron chi connectivity index (χ0n) is 25.6. The van der Waals surface area contributed by atoms with Crippen molar-refractivity contribution in [1.82, 2.24) is 4.98 Å². The molecule has 47 heavy (non-hydrogen) atoms. The van der Waals surface area contributed by atoms with Crippen LogP contribution in [0.2, 0.25) is 0 Å². The lowest BCUT2D eigenvalue weighted by atomic mass is 9.59. The van der Waals surface area contributed by atoms with Crippen LogP contribution in [0.5, 0.6) is 5.75 Å². The molecule has 8 heteroatoms. The number of benzene rings is 3.